The first-order chi connectivity index (χ1) is 3.72. The van der Waals surface area contributed by atoms with E-state index in [1.165, 1.54) is 0 Å². The molecule has 1 fully saturated rings. The van der Waals surface area contributed by atoms with Crippen molar-refractivity contribution in [3.8, 4) is 0 Å². The van der Waals surface area contributed by atoms with Crippen LogP contribution in [0.2, 0.25) is 0 Å². The van der Waals surface area contributed by atoms with Crippen molar-refractivity contribution in [3.05, 3.63) is 0 Å². The summed E-state index contributed by atoms with van der Waals surface area (Å²) < 4.78 is 4.88. The number of aliphatic hydroxyl groups excluding tert-OH is 2. The van der Waals surface area contributed by atoms with E-state index in [4.69, 9.17) is 14.9 Å². The van der Waals surface area contributed by atoms with Crippen LogP contribution >= 0.6 is 0 Å². The molecule has 1 heterocycles. The van der Waals surface area contributed by atoms with E-state index in [-0.39, 0.29) is 12.7 Å². The highest BCUT2D eigenvalue weighted by Gasteiger charge is 2.30. The van der Waals surface area contributed by atoms with Crippen LogP contribution in [-0.4, -0.2) is 35.1 Å². The fourth-order valence-electron chi connectivity index (χ4n) is 0.760. The average Bonchev–Trinajstić information content (AvgIpc) is 1.98. The smallest absolute Gasteiger partial charge is 0.108 e. The van der Waals surface area contributed by atoms with Crippen LogP contribution in [0.5, 0.6) is 0 Å². The third-order valence-corrected chi connectivity index (χ3v) is 1.41. The quantitative estimate of drug-likeness (QED) is 0.434. The maximum absolute atomic E-state index is 8.89. The van der Waals surface area contributed by atoms with E-state index < -0.39 is 12.2 Å². The molecule has 1 saturated heterocycles. The Bertz CT molecular complexity index is 73.7. The van der Waals surface area contributed by atoms with Crippen molar-refractivity contribution in [2.75, 3.05) is 6.61 Å². The van der Waals surface area contributed by atoms with Crippen LogP contribution in [0.4, 0.5) is 0 Å². The standard InChI is InChI=1S/C5H10O3/c1-3-5(7)4(6)2-8-3/h3-7H,2H2,1H3/t3-,4?,5?/m0/s1. The lowest BCUT2D eigenvalue weighted by atomic mass is 10.2. The van der Waals surface area contributed by atoms with Gasteiger partial charge in [0.2, 0.25) is 0 Å². The summed E-state index contributed by atoms with van der Waals surface area (Å²) in [7, 11) is 0. The number of hydrogen-bond donors (Lipinski definition) is 2. The van der Waals surface area contributed by atoms with Crippen molar-refractivity contribution in [1.82, 2.24) is 0 Å². The Morgan fingerprint density at radius 1 is 1.50 bits per heavy atom. The fourth-order valence-corrected chi connectivity index (χ4v) is 0.760. The molecule has 3 nitrogen and oxygen atoms in total. The molecule has 3 heteroatoms. The molecule has 1 aliphatic heterocycles. The van der Waals surface area contributed by atoms with Crippen LogP contribution in [0.1, 0.15) is 6.92 Å². The summed E-state index contributed by atoms with van der Waals surface area (Å²) in [4.78, 5) is 0. The molecule has 0 aromatic carbocycles. The Morgan fingerprint density at radius 3 is 2.25 bits per heavy atom. The van der Waals surface area contributed by atoms with E-state index in [2.05, 4.69) is 0 Å². The summed E-state index contributed by atoms with van der Waals surface area (Å²) in [5.74, 6) is 0. The largest absolute Gasteiger partial charge is 0.388 e. The molecule has 1 aliphatic rings. The number of hydrogen-bond acceptors (Lipinski definition) is 3. The summed E-state index contributed by atoms with van der Waals surface area (Å²) in [6, 6.07) is 0. The fraction of sp³-hybridized carbons (Fsp3) is 1.00. The molecule has 48 valence electrons. The van der Waals surface area contributed by atoms with Gasteiger partial charge in [0.15, 0.2) is 0 Å². The molecular formula is C5H10O3. The van der Waals surface area contributed by atoms with Crippen molar-refractivity contribution in [1.29, 1.82) is 0 Å². The molecule has 0 spiro atoms. The molecule has 3 atom stereocenters. The first-order valence-corrected chi connectivity index (χ1v) is 2.69. The van der Waals surface area contributed by atoms with Gasteiger partial charge in [-0.15, -0.1) is 0 Å². The van der Waals surface area contributed by atoms with Crippen LogP contribution in [-0.2, 0) is 4.74 Å². The molecule has 0 bridgehead atoms. The highest BCUT2D eigenvalue weighted by molar-refractivity contribution is 4.79. The van der Waals surface area contributed by atoms with Gasteiger partial charge in [-0.3, -0.25) is 0 Å². The van der Waals surface area contributed by atoms with Crippen molar-refractivity contribution in [2.45, 2.75) is 25.2 Å². The topological polar surface area (TPSA) is 49.7 Å². The SMILES string of the molecule is C[C@@H]1OCC(O)C1O. The third kappa shape index (κ3) is 0.844. The first-order valence-electron chi connectivity index (χ1n) is 2.69. The van der Waals surface area contributed by atoms with E-state index in [1.807, 2.05) is 0 Å². The predicted octanol–water partition coefficient (Wildman–Crippen LogP) is -0.873. The van der Waals surface area contributed by atoms with Gasteiger partial charge in [0.1, 0.15) is 12.2 Å². The van der Waals surface area contributed by atoms with E-state index in [9.17, 15) is 0 Å². The molecule has 2 N–H and O–H groups in total. The molecule has 0 aromatic heterocycles. The summed E-state index contributed by atoms with van der Waals surface area (Å²) in [5.41, 5.74) is 0. The second kappa shape index (κ2) is 2.01. The highest BCUT2D eigenvalue weighted by Crippen LogP contribution is 2.12. The van der Waals surface area contributed by atoms with Crippen molar-refractivity contribution < 1.29 is 14.9 Å². The lowest BCUT2D eigenvalue weighted by Crippen LogP contribution is -2.27. The molecule has 8 heavy (non-hydrogen) atoms. The van der Waals surface area contributed by atoms with Gasteiger partial charge in [0, 0.05) is 0 Å². The zero-order chi connectivity index (χ0) is 6.15. The zero-order valence-corrected chi connectivity index (χ0v) is 4.74. The van der Waals surface area contributed by atoms with Crippen LogP contribution in [0, 0.1) is 0 Å². The molecule has 0 aliphatic carbocycles. The average molecular weight is 118 g/mol. The minimum atomic E-state index is -0.685. The highest BCUT2D eigenvalue weighted by atomic mass is 16.5. The molecule has 0 radical (unpaired) electrons. The predicted molar refractivity (Wildman–Crippen MR) is 27.4 cm³/mol. The van der Waals surface area contributed by atoms with E-state index >= 15 is 0 Å². The van der Waals surface area contributed by atoms with E-state index in [1.54, 1.807) is 6.92 Å². The Hall–Kier alpha value is -0.120. The number of ether oxygens (including phenoxy) is 1. The normalized spacial score (nSPS) is 47.6. The lowest BCUT2D eigenvalue weighted by Gasteiger charge is -2.07. The van der Waals surface area contributed by atoms with E-state index in [0.717, 1.165) is 0 Å². The molecule has 1 rings (SSSR count). The summed E-state index contributed by atoms with van der Waals surface area (Å²) in [6.45, 7) is 2.00. The minimum absolute atomic E-state index is 0.204. The van der Waals surface area contributed by atoms with E-state index in [0.29, 0.717) is 0 Å². The molecule has 2 unspecified atom stereocenters. The third-order valence-electron chi connectivity index (χ3n) is 1.41. The molecule has 0 saturated carbocycles. The van der Waals surface area contributed by atoms with Crippen molar-refractivity contribution in [2.24, 2.45) is 0 Å². The summed E-state index contributed by atoms with van der Waals surface area (Å²) in [5, 5.41) is 17.7. The van der Waals surface area contributed by atoms with Gasteiger partial charge in [-0.25, -0.2) is 0 Å². The van der Waals surface area contributed by atoms with Crippen molar-refractivity contribution in [3.63, 3.8) is 0 Å². The molecule has 0 amide bonds. The Kier molecular flexibility index (Phi) is 1.51. The van der Waals surface area contributed by atoms with Crippen LogP contribution < -0.4 is 0 Å². The van der Waals surface area contributed by atoms with Gasteiger partial charge in [-0.1, -0.05) is 0 Å². The summed E-state index contributed by atoms with van der Waals surface area (Å²) in [6.07, 6.45) is -1.56. The molecule has 0 aromatic rings. The zero-order valence-electron chi connectivity index (χ0n) is 4.74. The van der Waals surface area contributed by atoms with Gasteiger partial charge in [-0.05, 0) is 6.92 Å². The van der Waals surface area contributed by atoms with Crippen molar-refractivity contribution >= 4 is 0 Å². The lowest BCUT2D eigenvalue weighted by molar-refractivity contribution is 0.0318. The second-order valence-corrected chi connectivity index (χ2v) is 2.10. The Labute approximate surface area is 47.9 Å². The van der Waals surface area contributed by atoms with Gasteiger partial charge < -0.3 is 14.9 Å². The van der Waals surface area contributed by atoms with Gasteiger partial charge in [0.05, 0.1) is 12.7 Å². The Morgan fingerprint density at radius 2 is 2.12 bits per heavy atom. The maximum atomic E-state index is 8.89. The van der Waals surface area contributed by atoms with Gasteiger partial charge >= 0.3 is 0 Å². The first kappa shape index (κ1) is 6.01. The maximum Gasteiger partial charge on any atom is 0.108 e. The van der Waals surface area contributed by atoms with Gasteiger partial charge in [0.25, 0.3) is 0 Å². The Balaban J connectivity index is 2.44. The number of rotatable bonds is 0. The van der Waals surface area contributed by atoms with Gasteiger partial charge in [-0.2, -0.15) is 0 Å². The minimum Gasteiger partial charge on any atom is -0.388 e. The second-order valence-electron chi connectivity index (χ2n) is 2.10. The number of aliphatic hydroxyl groups is 2. The monoisotopic (exact) mass is 118 g/mol. The van der Waals surface area contributed by atoms with Crippen LogP contribution in [0.15, 0.2) is 0 Å². The van der Waals surface area contributed by atoms with Crippen LogP contribution in [0.3, 0.4) is 0 Å². The molecular weight excluding hydrogens is 108 g/mol. The van der Waals surface area contributed by atoms with Crippen LogP contribution in [0.25, 0.3) is 0 Å². The summed E-state index contributed by atoms with van der Waals surface area (Å²) >= 11 is 0.